The van der Waals surface area contributed by atoms with Crippen LogP contribution >= 0.6 is 0 Å². The topological polar surface area (TPSA) is 53.5 Å². The maximum Gasteiger partial charge on any atom is 0.255 e. The van der Waals surface area contributed by atoms with Gasteiger partial charge in [-0.05, 0) is 48.4 Å². The molecule has 5 rings (SSSR count). The van der Waals surface area contributed by atoms with Crippen molar-refractivity contribution in [3.8, 4) is 0 Å². The predicted molar refractivity (Wildman–Crippen MR) is 119 cm³/mol. The Morgan fingerprint density at radius 1 is 0.875 bits per heavy atom. The molecule has 2 aliphatic rings. The van der Waals surface area contributed by atoms with Gasteiger partial charge in [0.25, 0.3) is 11.8 Å². The average Bonchev–Trinajstić information content (AvgIpc) is 3.23. The van der Waals surface area contributed by atoms with Gasteiger partial charge in [0, 0.05) is 55.5 Å². The lowest BCUT2D eigenvalue weighted by Gasteiger charge is -2.39. The van der Waals surface area contributed by atoms with Crippen molar-refractivity contribution < 1.29 is 14.0 Å². The average molecular weight is 429 g/mol. The Kier molecular flexibility index (Phi) is 5.43. The molecule has 6 heteroatoms. The standard InChI is InChI=1S/C26H24FN3O2/c27-21-10-8-18(9-11-21)22-17-30(26(32)19-5-2-1-3-6-19)24-12-14-29(16-23(22)24)25(31)20-7-4-13-28-15-20/h1-11,13,15,22-24H,12,14,16-17H2/t22-,23-,24-/m0/s1. The molecule has 0 N–H and O–H groups in total. The summed E-state index contributed by atoms with van der Waals surface area (Å²) in [7, 11) is 0. The molecule has 0 bridgehead atoms. The van der Waals surface area contributed by atoms with Crippen molar-refractivity contribution >= 4 is 11.8 Å². The number of aromatic nitrogens is 1. The molecule has 2 aromatic carbocycles. The zero-order valence-corrected chi connectivity index (χ0v) is 17.6. The van der Waals surface area contributed by atoms with Crippen LogP contribution in [-0.4, -0.2) is 52.3 Å². The molecule has 2 saturated heterocycles. The summed E-state index contributed by atoms with van der Waals surface area (Å²) in [6.07, 6.45) is 3.95. The summed E-state index contributed by atoms with van der Waals surface area (Å²) >= 11 is 0. The molecule has 0 saturated carbocycles. The summed E-state index contributed by atoms with van der Waals surface area (Å²) in [4.78, 5) is 34.3. The quantitative estimate of drug-likeness (QED) is 0.633. The molecule has 32 heavy (non-hydrogen) atoms. The second kappa shape index (κ2) is 8.54. The van der Waals surface area contributed by atoms with Crippen LogP contribution < -0.4 is 0 Å². The highest BCUT2D eigenvalue weighted by atomic mass is 19.1. The maximum atomic E-state index is 13.6. The minimum Gasteiger partial charge on any atom is -0.338 e. The van der Waals surface area contributed by atoms with Gasteiger partial charge in [-0.15, -0.1) is 0 Å². The Labute approximate surface area is 186 Å². The van der Waals surface area contributed by atoms with E-state index in [1.54, 1.807) is 36.7 Å². The van der Waals surface area contributed by atoms with Crippen LogP contribution in [0, 0.1) is 11.7 Å². The van der Waals surface area contributed by atoms with Gasteiger partial charge in [0.15, 0.2) is 0 Å². The molecule has 2 amide bonds. The number of nitrogens with zero attached hydrogens (tertiary/aromatic N) is 3. The fourth-order valence-corrected chi connectivity index (χ4v) is 5.13. The molecule has 0 unspecified atom stereocenters. The molecular weight excluding hydrogens is 405 g/mol. The van der Waals surface area contributed by atoms with E-state index in [0.717, 1.165) is 5.56 Å². The van der Waals surface area contributed by atoms with E-state index in [1.807, 2.05) is 40.1 Å². The molecule has 0 aliphatic carbocycles. The van der Waals surface area contributed by atoms with E-state index in [0.29, 0.717) is 37.2 Å². The van der Waals surface area contributed by atoms with Crippen LogP contribution in [0.4, 0.5) is 4.39 Å². The summed E-state index contributed by atoms with van der Waals surface area (Å²) in [5.41, 5.74) is 2.24. The summed E-state index contributed by atoms with van der Waals surface area (Å²) in [6.45, 7) is 1.70. The lowest BCUT2D eigenvalue weighted by molar-refractivity contribution is 0.0533. The summed E-state index contributed by atoms with van der Waals surface area (Å²) < 4.78 is 13.6. The van der Waals surface area contributed by atoms with Crippen molar-refractivity contribution in [2.24, 2.45) is 5.92 Å². The van der Waals surface area contributed by atoms with Crippen LogP contribution in [0.2, 0.25) is 0 Å². The van der Waals surface area contributed by atoms with Gasteiger partial charge in [-0.2, -0.15) is 0 Å². The molecule has 2 aliphatic heterocycles. The molecule has 1 aromatic heterocycles. The molecule has 3 heterocycles. The highest BCUT2D eigenvalue weighted by molar-refractivity contribution is 5.95. The predicted octanol–water partition coefficient (Wildman–Crippen LogP) is 3.99. The van der Waals surface area contributed by atoms with E-state index < -0.39 is 0 Å². The number of hydrogen-bond donors (Lipinski definition) is 0. The number of carbonyl (C=O) groups excluding carboxylic acids is 2. The maximum absolute atomic E-state index is 13.6. The van der Waals surface area contributed by atoms with Gasteiger partial charge in [0.2, 0.25) is 0 Å². The summed E-state index contributed by atoms with van der Waals surface area (Å²) in [5.74, 6) is -0.183. The van der Waals surface area contributed by atoms with Gasteiger partial charge in [-0.3, -0.25) is 14.6 Å². The van der Waals surface area contributed by atoms with E-state index in [9.17, 15) is 14.0 Å². The van der Waals surface area contributed by atoms with Crippen molar-refractivity contribution in [3.05, 3.63) is 102 Å². The van der Waals surface area contributed by atoms with Gasteiger partial charge in [-0.25, -0.2) is 4.39 Å². The molecular formula is C26H24FN3O2. The van der Waals surface area contributed by atoms with Crippen LogP contribution in [0.25, 0.3) is 0 Å². The molecule has 0 radical (unpaired) electrons. The number of rotatable bonds is 3. The van der Waals surface area contributed by atoms with Crippen molar-refractivity contribution in [3.63, 3.8) is 0 Å². The van der Waals surface area contributed by atoms with Gasteiger partial charge in [-0.1, -0.05) is 30.3 Å². The Balaban J connectivity index is 1.44. The van der Waals surface area contributed by atoms with Gasteiger partial charge < -0.3 is 9.80 Å². The second-order valence-corrected chi connectivity index (χ2v) is 8.49. The number of fused-ring (bicyclic) bond motifs is 1. The summed E-state index contributed by atoms with van der Waals surface area (Å²) in [6, 6.07) is 19.4. The number of benzene rings is 2. The number of hydrogen-bond acceptors (Lipinski definition) is 3. The molecule has 2 fully saturated rings. The van der Waals surface area contributed by atoms with E-state index in [2.05, 4.69) is 4.98 Å². The molecule has 3 aromatic rings. The normalized spacial score (nSPS) is 22.5. The zero-order valence-electron chi connectivity index (χ0n) is 17.6. The van der Waals surface area contributed by atoms with E-state index in [4.69, 9.17) is 0 Å². The van der Waals surface area contributed by atoms with Crippen LogP contribution in [-0.2, 0) is 0 Å². The van der Waals surface area contributed by atoms with Crippen LogP contribution in [0.3, 0.4) is 0 Å². The number of likely N-dealkylation sites (tertiary alicyclic amines) is 2. The monoisotopic (exact) mass is 429 g/mol. The van der Waals surface area contributed by atoms with Crippen LogP contribution in [0.15, 0.2) is 79.1 Å². The lowest BCUT2D eigenvalue weighted by Crippen LogP contribution is -2.49. The van der Waals surface area contributed by atoms with Crippen molar-refractivity contribution in [1.29, 1.82) is 0 Å². The number of amides is 2. The molecule has 5 nitrogen and oxygen atoms in total. The molecule has 3 atom stereocenters. The number of piperidine rings is 1. The highest BCUT2D eigenvalue weighted by Gasteiger charge is 2.47. The highest BCUT2D eigenvalue weighted by Crippen LogP contribution is 2.42. The summed E-state index contributed by atoms with van der Waals surface area (Å²) in [5, 5.41) is 0. The van der Waals surface area contributed by atoms with Crippen molar-refractivity contribution in [1.82, 2.24) is 14.8 Å². The van der Waals surface area contributed by atoms with Crippen molar-refractivity contribution in [2.75, 3.05) is 19.6 Å². The fraction of sp³-hybridized carbons (Fsp3) is 0.269. The second-order valence-electron chi connectivity index (χ2n) is 8.49. The van der Waals surface area contributed by atoms with Crippen molar-refractivity contribution in [2.45, 2.75) is 18.4 Å². The number of halogens is 1. The van der Waals surface area contributed by atoms with Crippen LogP contribution in [0.1, 0.15) is 38.6 Å². The third-order valence-corrected chi connectivity index (χ3v) is 6.71. The third kappa shape index (κ3) is 3.77. The Bertz CT molecular complexity index is 1100. The van der Waals surface area contributed by atoms with E-state index in [-0.39, 0.29) is 35.5 Å². The Morgan fingerprint density at radius 3 is 2.34 bits per heavy atom. The minimum absolute atomic E-state index is 0.0113. The van der Waals surface area contributed by atoms with Gasteiger partial charge in [0.05, 0.1) is 5.56 Å². The van der Waals surface area contributed by atoms with Gasteiger partial charge in [0.1, 0.15) is 5.82 Å². The minimum atomic E-state index is -0.280. The van der Waals surface area contributed by atoms with E-state index >= 15 is 0 Å². The first-order chi connectivity index (χ1) is 15.6. The first kappa shape index (κ1) is 20.4. The first-order valence-electron chi connectivity index (χ1n) is 10.9. The number of pyridine rings is 1. The fourth-order valence-electron chi connectivity index (χ4n) is 5.13. The SMILES string of the molecule is O=C(c1cccnc1)N1CC[C@H]2[C@@H](C1)[C@H](c1ccc(F)cc1)CN2C(=O)c1ccccc1. The smallest absolute Gasteiger partial charge is 0.255 e. The van der Waals surface area contributed by atoms with Crippen LogP contribution in [0.5, 0.6) is 0 Å². The Hall–Kier alpha value is -3.54. The van der Waals surface area contributed by atoms with Gasteiger partial charge >= 0.3 is 0 Å². The number of carbonyl (C=O) groups is 2. The largest absolute Gasteiger partial charge is 0.338 e. The first-order valence-corrected chi connectivity index (χ1v) is 10.9. The third-order valence-electron chi connectivity index (χ3n) is 6.71. The lowest BCUT2D eigenvalue weighted by atomic mass is 9.81. The Morgan fingerprint density at radius 2 is 1.62 bits per heavy atom. The zero-order chi connectivity index (χ0) is 22.1. The van der Waals surface area contributed by atoms with E-state index in [1.165, 1.54) is 12.1 Å². The molecule has 162 valence electrons. The molecule has 0 spiro atoms.